The van der Waals surface area contributed by atoms with Gasteiger partial charge in [-0.1, -0.05) is 86.8 Å². The van der Waals surface area contributed by atoms with Gasteiger partial charge < -0.3 is 48.0 Å². The number of hydrogen-bond acceptors (Lipinski definition) is 14. The van der Waals surface area contributed by atoms with Crippen LogP contribution in [0, 0.1) is 6.92 Å². The van der Waals surface area contributed by atoms with Crippen LogP contribution < -0.4 is 30.9 Å². The topological polar surface area (TPSA) is 212 Å². The molecule has 3 aromatic carbocycles. The number of nitrogens with zero attached hydrogens (tertiary/aromatic N) is 2. The van der Waals surface area contributed by atoms with E-state index < -0.39 is 81.1 Å². The van der Waals surface area contributed by atoms with Gasteiger partial charge >= 0.3 is 11.7 Å². The maximum atomic E-state index is 14.0. The van der Waals surface area contributed by atoms with Gasteiger partial charge in [-0.25, -0.2) is 9.59 Å². The van der Waals surface area contributed by atoms with Crippen LogP contribution in [-0.4, -0.2) is 97.4 Å². The van der Waals surface area contributed by atoms with E-state index in [4.69, 9.17) is 32.6 Å². The van der Waals surface area contributed by atoms with E-state index in [-0.39, 0.29) is 35.8 Å². The maximum absolute atomic E-state index is 14.0. The average molecular weight is 980 g/mol. The van der Waals surface area contributed by atoms with Crippen LogP contribution in [0.4, 0.5) is 4.79 Å². The lowest BCUT2D eigenvalue weighted by atomic mass is 9.80. The lowest BCUT2D eigenvalue weighted by molar-refractivity contribution is -0.196. The van der Waals surface area contributed by atoms with Gasteiger partial charge in [0.15, 0.2) is 15.1 Å². The molecule has 20 heteroatoms. The van der Waals surface area contributed by atoms with E-state index in [1.54, 1.807) is 27.3 Å². The molecule has 2 fully saturated rings. The number of benzene rings is 3. The predicted molar refractivity (Wildman–Crippen MR) is 253 cm³/mol. The van der Waals surface area contributed by atoms with E-state index in [0.717, 1.165) is 22.3 Å². The van der Waals surface area contributed by atoms with Crippen LogP contribution in [0.3, 0.4) is 0 Å². The number of aromatic nitrogens is 2. The van der Waals surface area contributed by atoms with Gasteiger partial charge in [0, 0.05) is 36.6 Å². The monoisotopic (exact) mass is 979 g/mol. The zero-order valence-corrected chi connectivity index (χ0v) is 41.8. The fraction of sp³-hybridized carbons (Fsp3) is 0.468. The summed E-state index contributed by atoms with van der Waals surface area (Å²) in [6.45, 7) is 8.85. The van der Waals surface area contributed by atoms with E-state index in [1.807, 2.05) is 85.8 Å². The Morgan fingerprint density at radius 1 is 0.866 bits per heavy atom. The van der Waals surface area contributed by atoms with E-state index in [0.29, 0.717) is 22.9 Å². The van der Waals surface area contributed by atoms with Crippen molar-refractivity contribution in [1.29, 1.82) is 0 Å². The molecule has 0 radical (unpaired) electrons. The standard InChI is InChI=1S/C47H61N4O13PSSi/c1-29-25-50(44(54)48-42(29)53)41-24-37(63-65(56,57)66-28-39-36(52)23-40(62-39)51-26-30(2)43(49-45(51)55)64-67(8,9)46(3,4)5)38(61-41)27-60-47(31-13-11-10-12-14-31,32-15-19-34(58-6)20-16-32)33-17-21-35(59-7)22-18-33/h10-22,25-26,36-41,43,52H,23-24,27-28H2,1-9H3,(H,49,55)(H,56,57)(H,48,53,54)/p-1/t36-,37-,38+,39+,40+,41+,43?/m0/s1. The van der Waals surface area contributed by atoms with E-state index in [1.165, 1.54) is 15.7 Å². The molecule has 3 N–H and O–H groups in total. The lowest BCUT2D eigenvalue weighted by Gasteiger charge is -2.42. The number of amides is 2. The quantitative estimate of drug-likeness (QED) is 0.0586. The van der Waals surface area contributed by atoms with E-state index >= 15 is 0 Å². The van der Waals surface area contributed by atoms with Crippen LogP contribution >= 0.6 is 18.2 Å². The zero-order valence-electron chi connectivity index (χ0n) is 39.1. The third kappa shape index (κ3) is 11.0. The second kappa shape index (κ2) is 20.2. The number of urea groups is 1. The number of H-pyrrole nitrogens is 1. The van der Waals surface area contributed by atoms with Crippen molar-refractivity contribution in [3.63, 3.8) is 0 Å². The highest BCUT2D eigenvalue weighted by Crippen LogP contribution is 2.56. The maximum Gasteiger partial charge on any atom is 0.330 e. The van der Waals surface area contributed by atoms with Gasteiger partial charge in [0.2, 0.25) is 0 Å². The first kappa shape index (κ1) is 50.3. The Hall–Kier alpha value is -4.53. The molecule has 1 aromatic heterocycles. The molecule has 8 atom stereocenters. The highest BCUT2D eigenvalue weighted by molar-refractivity contribution is 8.54. The molecule has 0 saturated carbocycles. The molecule has 4 aromatic rings. The van der Waals surface area contributed by atoms with Crippen molar-refractivity contribution in [2.45, 2.75) is 114 Å². The number of aromatic amines is 1. The Morgan fingerprint density at radius 3 is 2.03 bits per heavy atom. The highest BCUT2D eigenvalue weighted by Gasteiger charge is 2.46. The van der Waals surface area contributed by atoms with Crippen LogP contribution in [0.15, 0.2) is 106 Å². The minimum Gasteiger partial charge on any atom is -0.770 e. The molecule has 7 rings (SSSR count). The second-order valence-electron chi connectivity index (χ2n) is 18.5. The second-order valence-corrected chi connectivity index (χ2v) is 27.0. The molecule has 3 aliphatic heterocycles. The average Bonchev–Trinajstić information content (AvgIpc) is 3.87. The summed E-state index contributed by atoms with van der Waals surface area (Å²) in [7, 11) is 0.904. The molecule has 0 aliphatic carbocycles. The number of ether oxygens (including phenoxy) is 5. The Labute approximate surface area is 395 Å². The Morgan fingerprint density at radius 2 is 1.45 bits per heavy atom. The fourth-order valence-electron chi connectivity index (χ4n) is 8.06. The molecule has 2 unspecified atom stereocenters. The largest absolute Gasteiger partial charge is 0.770 e. The SMILES string of the molecule is COc1ccc(C(OC[C@H]2O[C@@H](n3cc(C)c(=O)[nH]c3=O)C[C@@H]2OP(=O)([O-])SC[C@H]2O[C@@H](N3C=C(C)C(O[Si](C)(C)C(C)(C)C)NC3=O)C[C@@H]2O)(c2ccccc2)c2ccc(OC)cc2)cc1. The molecule has 4 heterocycles. The van der Waals surface area contributed by atoms with Crippen molar-refractivity contribution in [2.24, 2.45) is 0 Å². The van der Waals surface area contributed by atoms with E-state index in [2.05, 4.69) is 44.2 Å². The minimum absolute atomic E-state index is 0.0383. The van der Waals surface area contributed by atoms with Gasteiger partial charge in [0.25, 0.3) is 5.56 Å². The predicted octanol–water partition coefficient (Wildman–Crippen LogP) is 6.50. The van der Waals surface area contributed by atoms with Gasteiger partial charge in [-0.3, -0.25) is 23.8 Å². The van der Waals surface area contributed by atoms with E-state index in [9.17, 15) is 28.9 Å². The van der Waals surface area contributed by atoms with Gasteiger partial charge in [-0.2, -0.15) is 0 Å². The molecule has 2 amide bonds. The summed E-state index contributed by atoms with van der Waals surface area (Å²) in [5.74, 6) is 1.02. The summed E-state index contributed by atoms with van der Waals surface area (Å²) >= 11 is 0.460. The first-order valence-corrected chi connectivity index (χ1v) is 28.1. The van der Waals surface area contributed by atoms with Crippen molar-refractivity contribution in [1.82, 2.24) is 19.8 Å². The number of aliphatic hydroxyl groups is 1. The van der Waals surface area contributed by atoms with Gasteiger partial charge in [-0.05, 0) is 78.5 Å². The first-order valence-electron chi connectivity index (χ1n) is 22.0. The summed E-state index contributed by atoms with van der Waals surface area (Å²) in [5, 5.41) is 13.9. The molecule has 67 heavy (non-hydrogen) atoms. The van der Waals surface area contributed by atoms with Crippen molar-refractivity contribution in [2.75, 3.05) is 26.6 Å². The van der Waals surface area contributed by atoms with Crippen LogP contribution in [0.1, 0.15) is 69.0 Å². The zero-order chi connectivity index (χ0) is 48.5. The Bertz CT molecular complexity index is 2520. The number of aryl methyl sites for hydroxylation is 1. The van der Waals surface area contributed by atoms with Crippen LogP contribution in [0.25, 0.3) is 0 Å². The Balaban J connectivity index is 1.13. The number of nitrogens with one attached hydrogen (secondary N) is 2. The molecule has 3 aliphatic rings. The van der Waals surface area contributed by atoms with Crippen LogP contribution in [-0.2, 0) is 33.3 Å². The molecular formula is C47H60N4O13PSSi-. The number of carbonyl (C=O) groups is 1. The summed E-state index contributed by atoms with van der Waals surface area (Å²) in [4.78, 5) is 56.5. The highest BCUT2D eigenvalue weighted by atomic mass is 32.7. The summed E-state index contributed by atoms with van der Waals surface area (Å²) < 4.78 is 58.2. The number of carbonyl (C=O) groups excluding carboxylic acids is 1. The van der Waals surface area contributed by atoms with Crippen LogP contribution in [0.5, 0.6) is 11.5 Å². The number of rotatable bonds is 17. The lowest BCUT2D eigenvalue weighted by Crippen LogP contribution is -2.56. The van der Waals surface area contributed by atoms with Crippen molar-refractivity contribution in [3.8, 4) is 11.5 Å². The molecule has 0 spiro atoms. The summed E-state index contributed by atoms with van der Waals surface area (Å²) in [6, 6.07) is 23.8. The molecule has 17 nitrogen and oxygen atoms in total. The molecule has 362 valence electrons. The third-order valence-electron chi connectivity index (χ3n) is 12.9. The minimum atomic E-state index is -4.83. The fourth-order valence-corrected chi connectivity index (χ4v) is 12.0. The van der Waals surface area contributed by atoms with Gasteiger partial charge in [0.05, 0.1) is 39.1 Å². The number of aliphatic hydroxyl groups excluding tert-OH is 1. The molecular weight excluding hydrogens is 920 g/mol. The number of hydrogen-bond donors (Lipinski definition) is 3. The third-order valence-corrected chi connectivity index (χ3v) is 20.3. The Kier molecular flexibility index (Phi) is 15.2. The summed E-state index contributed by atoms with van der Waals surface area (Å²) in [5.41, 5.74) is 0.555. The first-order chi connectivity index (χ1) is 31.6. The number of methoxy groups -OCH3 is 2. The normalized spacial score (nSPS) is 24.5. The van der Waals surface area contributed by atoms with Gasteiger partial charge in [0.1, 0.15) is 41.9 Å². The van der Waals surface area contributed by atoms with Crippen LogP contribution in [0.2, 0.25) is 18.1 Å². The van der Waals surface area contributed by atoms with Crippen molar-refractivity contribution >= 4 is 32.5 Å². The van der Waals surface area contributed by atoms with Crippen molar-refractivity contribution in [3.05, 3.63) is 140 Å². The van der Waals surface area contributed by atoms with Crippen molar-refractivity contribution < 1.29 is 52.0 Å². The van der Waals surface area contributed by atoms with Gasteiger partial charge in [-0.15, -0.1) is 0 Å². The molecule has 2 saturated heterocycles. The summed E-state index contributed by atoms with van der Waals surface area (Å²) in [6.07, 6.45) is -3.96. The smallest absolute Gasteiger partial charge is 0.330 e. The molecule has 0 bridgehead atoms.